The maximum Gasteiger partial charge on any atom is 0.405 e. The maximum atomic E-state index is 13.9. The molecule has 0 fully saturated rings. The molecule has 5 nitrogen and oxygen atoms in total. The molecule has 440 valence electrons. The molecule has 0 aliphatic heterocycles. The zero-order valence-corrected chi connectivity index (χ0v) is 53.7. The van der Waals surface area contributed by atoms with E-state index >= 15 is 0 Å². The quantitative estimate of drug-likeness (QED) is 0.0372. The van der Waals surface area contributed by atoms with Gasteiger partial charge in [0.2, 0.25) is 0 Å². The summed E-state index contributed by atoms with van der Waals surface area (Å²) in [6, 6.07) is 0. The Morgan fingerprint density at radius 2 is 0.575 bits per heavy atom. The van der Waals surface area contributed by atoms with E-state index in [1.165, 1.54) is 307 Å². The first-order valence-electron chi connectivity index (χ1n) is 33.4. The summed E-state index contributed by atoms with van der Waals surface area (Å²) >= 11 is 4.63. The van der Waals surface area contributed by atoms with Gasteiger partial charge in [-0.05, 0) is 62.9 Å². The third-order valence-electron chi connectivity index (χ3n) is 15.4. The minimum atomic E-state index is -3.31. The number of hydrogen-bond acceptors (Lipinski definition) is 5. The number of thioether (sulfide) groups is 2. The van der Waals surface area contributed by atoms with E-state index in [9.17, 15) is 4.57 Å². The molecular weight excluding hydrogens is 952 g/mol. The zero-order valence-electron chi connectivity index (χ0n) is 51.2. The molecule has 0 aromatic heterocycles. The Morgan fingerprint density at radius 3 is 0.836 bits per heavy atom. The van der Waals surface area contributed by atoms with Gasteiger partial charge in [-0.2, -0.15) is 23.5 Å². The Bertz CT molecular complexity index is 1090. The number of nitrogens with one attached hydrogen (secondary N) is 1. The van der Waals surface area contributed by atoms with Crippen molar-refractivity contribution in [3.8, 4) is 0 Å². The SMILES string of the molecule is CCCCCCCCCCCCSC(CCCCCCCC)CCCCCCCCCOP(=O)(NCC[N+](C)(C)C)OCCCCCCCCC(CCCCCCCCC)SCCCCCCCCCCCC. The van der Waals surface area contributed by atoms with E-state index in [1.807, 2.05) is 0 Å². The van der Waals surface area contributed by atoms with E-state index in [-0.39, 0.29) is 0 Å². The summed E-state index contributed by atoms with van der Waals surface area (Å²) in [4.78, 5) is 0. The van der Waals surface area contributed by atoms with Crippen LogP contribution in [0.25, 0.3) is 0 Å². The average Bonchev–Trinajstić information content (AvgIpc) is 3.37. The van der Waals surface area contributed by atoms with E-state index in [0.717, 1.165) is 47.2 Å². The number of hydrogen-bond donors (Lipinski definition) is 1. The van der Waals surface area contributed by atoms with Gasteiger partial charge in [0.25, 0.3) is 0 Å². The molecule has 3 unspecified atom stereocenters. The number of unbranched alkanes of at least 4 members (excludes halogenated alkanes) is 40. The monoisotopic (exact) mass is 1090 g/mol. The first kappa shape index (κ1) is 73.8. The topological polar surface area (TPSA) is 47.6 Å². The van der Waals surface area contributed by atoms with E-state index in [1.54, 1.807) is 0 Å². The molecule has 1 N–H and O–H groups in total. The van der Waals surface area contributed by atoms with Crippen LogP contribution in [0, 0.1) is 0 Å². The summed E-state index contributed by atoms with van der Waals surface area (Å²) in [5, 5.41) is 4.97. The van der Waals surface area contributed by atoms with Crippen LogP contribution in [0.4, 0.5) is 0 Å². The van der Waals surface area contributed by atoms with Crippen molar-refractivity contribution in [3.63, 3.8) is 0 Å². The molecule has 0 spiro atoms. The van der Waals surface area contributed by atoms with Gasteiger partial charge in [-0.15, -0.1) is 0 Å². The van der Waals surface area contributed by atoms with Gasteiger partial charge in [0.15, 0.2) is 0 Å². The van der Waals surface area contributed by atoms with Crippen LogP contribution >= 0.6 is 31.3 Å². The van der Waals surface area contributed by atoms with Crippen molar-refractivity contribution in [1.29, 1.82) is 0 Å². The number of rotatable bonds is 64. The lowest BCUT2D eigenvalue weighted by molar-refractivity contribution is -0.869. The van der Waals surface area contributed by atoms with E-state index in [2.05, 4.69) is 77.4 Å². The molecule has 0 heterocycles. The Labute approximate surface area is 470 Å². The molecule has 0 saturated heterocycles. The largest absolute Gasteiger partial charge is 0.405 e. The van der Waals surface area contributed by atoms with Gasteiger partial charge in [0.1, 0.15) is 0 Å². The summed E-state index contributed by atoms with van der Waals surface area (Å²) in [6.07, 6.45) is 68.9. The fourth-order valence-electron chi connectivity index (χ4n) is 10.3. The molecular formula is C65H136N2O3PS2+. The van der Waals surface area contributed by atoms with Gasteiger partial charge in [0, 0.05) is 10.5 Å². The van der Waals surface area contributed by atoms with E-state index in [4.69, 9.17) is 9.05 Å². The summed E-state index contributed by atoms with van der Waals surface area (Å²) in [5.74, 6) is 2.75. The van der Waals surface area contributed by atoms with Crippen LogP contribution < -0.4 is 5.09 Å². The first-order chi connectivity index (χ1) is 35.7. The van der Waals surface area contributed by atoms with Crippen molar-refractivity contribution in [1.82, 2.24) is 5.09 Å². The highest BCUT2D eigenvalue weighted by Crippen LogP contribution is 2.44. The Morgan fingerprint density at radius 1 is 0.342 bits per heavy atom. The summed E-state index contributed by atoms with van der Waals surface area (Å²) in [7, 11) is 3.22. The molecule has 3 atom stereocenters. The highest BCUT2D eigenvalue weighted by molar-refractivity contribution is 8.00. The van der Waals surface area contributed by atoms with Crippen LogP contribution in [-0.4, -0.2) is 73.9 Å². The number of quaternary nitrogens is 1. The van der Waals surface area contributed by atoms with Gasteiger partial charge < -0.3 is 4.48 Å². The summed E-state index contributed by atoms with van der Waals surface area (Å²) in [5.41, 5.74) is 0. The van der Waals surface area contributed by atoms with E-state index < -0.39 is 7.75 Å². The number of nitrogens with zero attached hydrogens (tertiary/aromatic N) is 1. The predicted octanol–water partition coefficient (Wildman–Crippen LogP) is 23.2. The van der Waals surface area contributed by atoms with Crippen molar-refractivity contribution < 1.29 is 18.1 Å². The van der Waals surface area contributed by atoms with Gasteiger partial charge in [-0.1, -0.05) is 297 Å². The number of likely N-dealkylation sites (N-methyl/N-ethyl adjacent to an activating group) is 1. The second-order valence-corrected chi connectivity index (χ2v) is 28.7. The van der Waals surface area contributed by atoms with Crippen LogP contribution in [-0.2, 0) is 13.6 Å². The Hall–Kier alpha value is 0.770. The highest BCUT2D eigenvalue weighted by Gasteiger charge is 2.25. The lowest BCUT2D eigenvalue weighted by Gasteiger charge is -2.25. The molecule has 0 rings (SSSR count). The van der Waals surface area contributed by atoms with Crippen molar-refractivity contribution in [2.75, 3.05) is 59.0 Å². The predicted molar refractivity (Wildman–Crippen MR) is 336 cm³/mol. The van der Waals surface area contributed by atoms with Gasteiger partial charge in [-0.3, -0.25) is 9.05 Å². The molecule has 0 aromatic rings. The highest BCUT2D eigenvalue weighted by atomic mass is 32.2. The van der Waals surface area contributed by atoms with Crippen LogP contribution in [0.2, 0.25) is 0 Å². The zero-order chi connectivity index (χ0) is 53.3. The molecule has 0 radical (unpaired) electrons. The minimum Gasteiger partial charge on any atom is -0.330 e. The molecule has 0 saturated carbocycles. The molecule has 0 aliphatic rings. The first-order valence-corrected chi connectivity index (χ1v) is 37.0. The minimum absolute atomic E-state index is 0.516. The van der Waals surface area contributed by atoms with Crippen molar-refractivity contribution in [2.45, 2.75) is 359 Å². The van der Waals surface area contributed by atoms with Crippen LogP contribution in [0.3, 0.4) is 0 Å². The van der Waals surface area contributed by atoms with Crippen molar-refractivity contribution in [2.24, 2.45) is 0 Å². The maximum absolute atomic E-state index is 13.9. The normalized spacial score (nSPS) is 13.8. The third kappa shape index (κ3) is 58.7. The fraction of sp³-hybridized carbons (Fsp3) is 1.00. The Kier molecular flexibility index (Phi) is 59.5. The molecule has 73 heavy (non-hydrogen) atoms. The molecule has 0 bridgehead atoms. The van der Waals surface area contributed by atoms with Crippen LogP contribution in [0.15, 0.2) is 0 Å². The van der Waals surface area contributed by atoms with Crippen molar-refractivity contribution >= 4 is 31.3 Å². The third-order valence-corrected chi connectivity index (χ3v) is 20.0. The summed E-state index contributed by atoms with van der Waals surface area (Å²) in [6.45, 7) is 11.8. The van der Waals surface area contributed by atoms with Gasteiger partial charge >= 0.3 is 7.75 Å². The Balaban J connectivity index is 4.49. The molecule has 8 heteroatoms. The summed E-state index contributed by atoms with van der Waals surface area (Å²) < 4.78 is 26.9. The second-order valence-electron chi connectivity index (χ2n) is 24.1. The smallest absolute Gasteiger partial charge is 0.330 e. The average molecular weight is 1090 g/mol. The molecule has 0 aromatic carbocycles. The standard InChI is InChI=1S/C65H136N2O3PS2/c1-8-12-16-20-24-26-28-36-44-52-62-72-64(54-46-38-23-19-15-11-4)56-48-40-32-30-34-42-50-60-69-71(68,66-58-59-67(5,6)7)70-61-51-43-35-33-41-49-57-65(55-47-39-31-22-18-14-10-3)73-63-53-45-37-29-27-25-21-17-13-9-2/h64-65H,8-63H2,1-7H3,(H,66,68)/q+1. The lowest BCUT2D eigenvalue weighted by Crippen LogP contribution is -2.40. The van der Waals surface area contributed by atoms with E-state index in [0.29, 0.717) is 19.8 Å². The lowest BCUT2D eigenvalue weighted by atomic mass is 10.0. The second kappa shape index (κ2) is 58.9. The van der Waals surface area contributed by atoms with Crippen LogP contribution in [0.1, 0.15) is 349 Å². The van der Waals surface area contributed by atoms with Crippen molar-refractivity contribution in [3.05, 3.63) is 0 Å². The molecule has 0 aliphatic carbocycles. The fourth-order valence-corrected chi connectivity index (χ4v) is 14.5. The molecule has 0 amide bonds. The van der Waals surface area contributed by atoms with Gasteiger partial charge in [0.05, 0.1) is 47.4 Å². The van der Waals surface area contributed by atoms with Gasteiger partial charge in [-0.25, -0.2) is 9.65 Å². The van der Waals surface area contributed by atoms with Crippen LogP contribution in [0.5, 0.6) is 0 Å².